The first kappa shape index (κ1) is 11.9. The summed E-state index contributed by atoms with van der Waals surface area (Å²) in [4.78, 5) is 0. The maximum absolute atomic E-state index is 12.0. The number of hydrogen-bond acceptors (Lipinski definition) is 4. The normalized spacial score (nSPS) is 12.1. The fourth-order valence-corrected chi connectivity index (χ4v) is 1.48. The second-order valence-electron chi connectivity index (χ2n) is 2.79. The van der Waals surface area contributed by atoms with E-state index >= 15 is 0 Å². The first-order chi connectivity index (χ1) is 6.86. The molecular weight excluding hydrogens is 230 g/mol. The Morgan fingerprint density at radius 1 is 1.67 bits per heavy atom. The number of nitrogens with two attached hydrogens (primary N) is 1. The molecule has 1 heterocycles. The minimum absolute atomic E-state index is 0.00886. The molecule has 0 bridgehead atoms. The third kappa shape index (κ3) is 2.63. The van der Waals surface area contributed by atoms with Crippen LogP contribution in [0.15, 0.2) is 6.20 Å². The Morgan fingerprint density at radius 2 is 2.27 bits per heavy atom. The van der Waals surface area contributed by atoms with E-state index in [0.29, 0.717) is 5.56 Å². The number of aromatic nitrogens is 2. The van der Waals surface area contributed by atoms with Gasteiger partial charge in [0.05, 0.1) is 0 Å². The fraction of sp³-hybridized carbons (Fsp3) is 0.500. The van der Waals surface area contributed by atoms with Crippen LogP contribution < -0.4 is 10.5 Å². The highest BCUT2D eigenvalue weighted by atomic mass is 32.2. The molecule has 0 saturated carbocycles. The highest BCUT2D eigenvalue weighted by Crippen LogP contribution is 2.16. The third-order valence-electron chi connectivity index (χ3n) is 1.60. The smallest absolute Gasteiger partial charge is 0.326 e. The van der Waals surface area contributed by atoms with Crippen LogP contribution in [0.3, 0.4) is 0 Å². The van der Waals surface area contributed by atoms with Gasteiger partial charge >= 0.3 is 5.76 Å². The number of hydrogen-bond donors (Lipinski definition) is 2. The molecular formula is C6H10F2N4O2S. The molecule has 0 aliphatic heterocycles. The molecule has 0 fully saturated rings. The minimum atomic E-state index is -4.69. The predicted octanol–water partition coefficient (Wildman–Crippen LogP) is -0.157. The fourth-order valence-electron chi connectivity index (χ4n) is 0.952. The van der Waals surface area contributed by atoms with Gasteiger partial charge < -0.3 is 5.73 Å². The second-order valence-corrected chi connectivity index (χ2v) is 4.44. The van der Waals surface area contributed by atoms with Crippen LogP contribution in [0.1, 0.15) is 5.56 Å². The zero-order valence-electron chi connectivity index (χ0n) is 7.81. The Hall–Kier alpha value is -1.22. The lowest BCUT2D eigenvalue weighted by Crippen LogP contribution is -2.21. The predicted molar refractivity (Wildman–Crippen MR) is 49.6 cm³/mol. The van der Waals surface area contributed by atoms with Gasteiger partial charge in [-0.1, -0.05) is 0 Å². The Labute approximate surface area is 85.1 Å². The zero-order valence-corrected chi connectivity index (χ0v) is 8.63. The Balaban J connectivity index is 2.99. The average Bonchev–Trinajstić information content (AvgIpc) is 2.44. The summed E-state index contributed by atoms with van der Waals surface area (Å²) in [6.07, 6.45) is 1.45. The van der Waals surface area contributed by atoms with Gasteiger partial charge in [0.1, 0.15) is 0 Å². The number of halogens is 2. The first-order valence-electron chi connectivity index (χ1n) is 3.89. The largest absolute Gasteiger partial charge is 0.355 e. The highest BCUT2D eigenvalue weighted by molar-refractivity contribution is 7.92. The van der Waals surface area contributed by atoms with Gasteiger partial charge in [0.15, 0.2) is 5.82 Å². The van der Waals surface area contributed by atoms with Crippen molar-refractivity contribution in [1.29, 1.82) is 0 Å². The van der Waals surface area contributed by atoms with Crippen molar-refractivity contribution in [3.63, 3.8) is 0 Å². The second kappa shape index (κ2) is 4.11. The molecule has 86 valence electrons. The average molecular weight is 240 g/mol. The lowest BCUT2D eigenvalue weighted by Gasteiger charge is -2.04. The number of aryl methyl sites for hydroxylation is 1. The van der Waals surface area contributed by atoms with Crippen molar-refractivity contribution in [1.82, 2.24) is 9.78 Å². The van der Waals surface area contributed by atoms with Gasteiger partial charge in [-0.15, -0.1) is 0 Å². The Bertz CT molecular complexity index is 442. The summed E-state index contributed by atoms with van der Waals surface area (Å²) in [6.45, 7) is 0.00886. The summed E-state index contributed by atoms with van der Waals surface area (Å²) in [5.41, 5.74) is 5.63. The zero-order chi connectivity index (χ0) is 11.6. The van der Waals surface area contributed by atoms with Crippen LogP contribution in [0.2, 0.25) is 0 Å². The van der Waals surface area contributed by atoms with Crippen LogP contribution >= 0.6 is 0 Å². The quantitative estimate of drug-likeness (QED) is 0.765. The highest BCUT2D eigenvalue weighted by Gasteiger charge is 2.25. The number of rotatable bonds is 4. The van der Waals surface area contributed by atoms with E-state index in [9.17, 15) is 17.2 Å². The summed E-state index contributed by atoms with van der Waals surface area (Å²) >= 11 is 0. The van der Waals surface area contributed by atoms with Gasteiger partial charge in [-0.3, -0.25) is 9.40 Å². The standard InChI is InChI=1S/C6H10F2N4O2S/c1-12-3-4(2-9)5(10-12)11-15(13,14)6(7)8/h3,6H,2,9H2,1H3,(H,10,11). The number of nitrogens with one attached hydrogen (secondary N) is 1. The number of nitrogens with zero attached hydrogens (tertiary/aromatic N) is 2. The number of alkyl halides is 2. The van der Waals surface area contributed by atoms with Gasteiger partial charge in [-0.25, -0.2) is 8.42 Å². The van der Waals surface area contributed by atoms with Crippen molar-refractivity contribution in [2.45, 2.75) is 12.3 Å². The Kier molecular flexibility index (Phi) is 3.25. The van der Waals surface area contributed by atoms with Gasteiger partial charge in [0, 0.05) is 25.4 Å². The van der Waals surface area contributed by atoms with Crippen molar-refractivity contribution in [3.05, 3.63) is 11.8 Å². The maximum atomic E-state index is 12.0. The van der Waals surface area contributed by atoms with Crippen molar-refractivity contribution < 1.29 is 17.2 Å². The van der Waals surface area contributed by atoms with E-state index in [1.807, 2.05) is 0 Å². The third-order valence-corrected chi connectivity index (χ3v) is 2.54. The van der Waals surface area contributed by atoms with Gasteiger partial charge in [0.2, 0.25) is 0 Å². The summed E-state index contributed by atoms with van der Waals surface area (Å²) in [5, 5.41) is 3.66. The molecule has 9 heteroatoms. The first-order valence-corrected chi connectivity index (χ1v) is 5.44. The molecule has 0 aliphatic carbocycles. The van der Waals surface area contributed by atoms with E-state index in [2.05, 4.69) is 5.10 Å². The lowest BCUT2D eigenvalue weighted by atomic mass is 10.3. The van der Waals surface area contributed by atoms with Crippen molar-refractivity contribution in [3.8, 4) is 0 Å². The van der Waals surface area contributed by atoms with Crippen LogP contribution in [0.5, 0.6) is 0 Å². The molecule has 0 spiro atoms. The lowest BCUT2D eigenvalue weighted by molar-refractivity contribution is 0.236. The molecule has 1 aromatic heterocycles. The molecule has 0 aromatic carbocycles. The summed E-state index contributed by atoms with van der Waals surface area (Å²) < 4.78 is 48.7. The maximum Gasteiger partial charge on any atom is 0.355 e. The molecule has 0 radical (unpaired) electrons. The van der Waals surface area contributed by atoms with Gasteiger partial charge in [-0.2, -0.15) is 13.9 Å². The molecule has 0 amide bonds. The van der Waals surface area contributed by atoms with Crippen molar-refractivity contribution >= 4 is 15.8 Å². The van der Waals surface area contributed by atoms with Gasteiger partial charge in [0.25, 0.3) is 10.0 Å². The Morgan fingerprint density at radius 3 is 2.73 bits per heavy atom. The summed E-state index contributed by atoms with van der Waals surface area (Å²) in [5.74, 6) is -3.66. The molecule has 1 aromatic rings. The van der Waals surface area contributed by atoms with E-state index in [-0.39, 0.29) is 12.4 Å². The van der Waals surface area contributed by atoms with Crippen molar-refractivity contribution in [2.24, 2.45) is 12.8 Å². The minimum Gasteiger partial charge on any atom is -0.326 e. The van der Waals surface area contributed by atoms with Gasteiger partial charge in [-0.05, 0) is 0 Å². The van der Waals surface area contributed by atoms with Crippen LogP contribution in [-0.4, -0.2) is 24.0 Å². The molecule has 15 heavy (non-hydrogen) atoms. The van der Waals surface area contributed by atoms with Crippen LogP contribution in [0, 0.1) is 0 Å². The van der Waals surface area contributed by atoms with Crippen molar-refractivity contribution in [2.75, 3.05) is 4.72 Å². The topological polar surface area (TPSA) is 90.0 Å². The monoisotopic (exact) mass is 240 g/mol. The summed E-state index contributed by atoms with van der Waals surface area (Å²) in [6, 6.07) is 0. The van der Waals surface area contributed by atoms with Crippen LogP contribution in [0.4, 0.5) is 14.6 Å². The van der Waals surface area contributed by atoms with Crippen LogP contribution in [-0.2, 0) is 23.6 Å². The molecule has 6 nitrogen and oxygen atoms in total. The van der Waals surface area contributed by atoms with E-state index < -0.39 is 15.8 Å². The molecule has 0 aliphatic rings. The SMILES string of the molecule is Cn1cc(CN)c(NS(=O)(=O)C(F)F)n1. The molecule has 0 saturated heterocycles. The van der Waals surface area contributed by atoms with Crippen LogP contribution in [0.25, 0.3) is 0 Å². The molecule has 1 rings (SSSR count). The number of anilines is 1. The molecule has 3 N–H and O–H groups in total. The van der Waals surface area contributed by atoms with E-state index in [0.717, 1.165) is 0 Å². The summed E-state index contributed by atoms with van der Waals surface area (Å²) in [7, 11) is -3.16. The molecule has 0 atom stereocenters. The molecule has 0 unspecified atom stereocenters. The number of sulfonamides is 1. The van der Waals surface area contributed by atoms with E-state index in [4.69, 9.17) is 5.73 Å². The van der Waals surface area contributed by atoms with E-state index in [1.54, 1.807) is 4.72 Å². The van der Waals surface area contributed by atoms with E-state index in [1.165, 1.54) is 17.9 Å².